The van der Waals surface area contributed by atoms with Gasteiger partial charge in [-0.3, -0.25) is 4.99 Å². The van der Waals surface area contributed by atoms with E-state index < -0.39 is 0 Å². The van der Waals surface area contributed by atoms with Crippen molar-refractivity contribution in [2.45, 2.75) is 13.0 Å². The van der Waals surface area contributed by atoms with Gasteiger partial charge in [0.1, 0.15) is 6.61 Å². The molecule has 0 radical (unpaired) electrons. The SMILES string of the molecule is C=NC(C)COC(=O)c1ccccc1. The molecule has 0 aliphatic rings. The summed E-state index contributed by atoms with van der Waals surface area (Å²) in [4.78, 5) is 15.1. The van der Waals surface area contributed by atoms with Crippen LogP contribution in [0.1, 0.15) is 17.3 Å². The van der Waals surface area contributed by atoms with Crippen LogP contribution in [0.4, 0.5) is 0 Å². The predicted octanol–water partition coefficient (Wildman–Crippen LogP) is 1.93. The summed E-state index contributed by atoms with van der Waals surface area (Å²) in [6.07, 6.45) is 0. The van der Waals surface area contributed by atoms with Crippen LogP contribution in [0.25, 0.3) is 0 Å². The van der Waals surface area contributed by atoms with E-state index in [1.807, 2.05) is 13.0 Å². The summed E-state index contributed by atoms with van der Waals surface area (Å²) in [5.41, 5.74) is 0.559. The molecule has 3 heteroatoms. The summed E-state index contributed by atoms with van der Waals surface area (Å²) in [5, 5.41) is 0. The molecular weight excluding hydrogens is 178 g/mol. The van der Waals surface area contributed by atoms with Gasteiger partial charge in [0.15, 0.2) is 0 Å². The summed E-state index contributed by atoms with van der Waals surface area (Å²) in [5.74, 6) is -0.318. The van der Waals surface area contributed by atoms with Gasteiger partial charge in [-0.25, -0.2) is 4.79 Å². The van der Waals surface area contributed by atoms with Crippen LogP contribution in [-0.2, 0) is 4.74 Å². The van der Waals surface area contributed by atoms with E-state index in [1.54, 1.807) is 24.3 Å². The van der Waals surface area contributed by atoms with Crippen LogP contribution >= 0.6 is 0 Å². The Morgan fingerprint density at radius 3 is 2.71 bits per heavy atom. The van der Waals surface area contributed by atoms with Crippen LogP contribution < -0.4 is 0 Å². The first-order valence-corrected chi connectivity index (χ1v) is 4.42. The fourth-order valence-electron chi connectivity index (χ4n) is 0.907. The highest BCUT2D eigenvalue weighted by molar-refractivity contribution is 5.89. The van der Waals surface area contributed by atoms with Crippen molar-refractivity contribution in [2.75, 3.05) is 6.61 Å². The van der Waals surface area contributed by atoms with E-state index >= 15 is 0 Å². The molecule has 1 atom stereocenters. The van der Waals surface area contributed by atoms with Gasteiger partial charge in [0.05, 0.1) is 11.6 Å². The topological polar surface area (TPSA) is 38.7 Å². The van der Waals surface area contributed by atoms with Gasteiger partial charge in [0.25, 0.3) is 0 Å². The zero-order valence-corrected chi connectivity index (χ0v) is 8.14. The largest absolute Gasteiger partial charge is 0.460 e. The second kappa shape index (κ2) is 5.17. The van der Waals surface area contributed by atoms with E-state index in [0.29, 0.717) is 5.56 Å². The highest BCUT2D eigenvalue weighted by Crippen LogP contribution is 2.01. The molecule has 3 nitrogen and oxygen atoms in total. The number of carbonyl (C=O) groups is 1. The quantitative estimate of drug-likeness (QED) is 0.538. The number of benzene rings is 1. The van der Waals surface area contributed by atoms with E-state index in [0.717, 1.165) is 0 Å². The van der Waals surface area contributed by atoms with Crippen LogP contribution in [-0.4, -0.2) is 25.3 Å². The molecule has 0 aromatic heterocycles. The van der Waals surface area contributed by atoms with Crippen molar-refractivity contribution < 1.29 is 9.53 Å². The summed E-state index contributed by atoms with van der Waals surface area (Å²) < 4.78 is 5.01. The second-order valence-electron chi connectivity index (χ2n) is 3.00. The van der Waals surface area contributed by atoms with Gasteiger partial charge in [-0.15, -0.1) is 0 Å². The molecule has 0 spiro atoms. The Bertz CT molecular complexity index is 308. The number of aliphatic imine (C=N–C) groups is 1. The minimum Gasteiger partial charge on any atom is -0.460 e. The van der Waals surface area contributed by atoms with Crippen molar-refractivity contribution in [3.63, 3.8) is 0 Å². The van der Waals surface area contributed by atoms with Gasteiger partial charge in [0, 0.05) is 0 Å². The number of nitrogens with zero attached hydrogens (tertiary/aromatic N) is 1. The molecule has 0 saturated carbocycles. The van der Waals surface area contributed by atoms with Gasteiger partial charge in [-0.1, -0.05) is 18.2 Å². The summed E-state index contributed by atoms with van der Waals surface area (Å²) in [6, 6.07) is 8.83. The Kier molecular flexibility index (Phi) is 3.85. The minimum atomic E-state index is -0.318. The molecule has 0 saturated heterocycles. The first kappa shape index (κ1) is 10.4. The fraction of sp³-hybridized carbons (Fsp3) is 0.273. The molecular formula is C11H13NO2. The van der Waals surface area contributed by atoms with Gasteiger partial charge in [0.2, 0.25) is 0 Å². The Morgan fingerprint density at radius 1 is 1.50 bits per heavy atom. The Labute approximate surface area is 83.4 Å². The van der Waals surface area contributed by atoms with E-state index in [2.05, 4.69) is 11.7 Å². The molecule has 0 N–H and O–H groups in total. The minimum absolute atomic E-state index is 0.0531. The summed E-state index contributed by atoms with van der Waals surface area (Å²) in [7, 11) is 0. The molecule has 14 heavy (non-hydrogen) atoms. The Balaban J connectivity index is 2.47. The Morgan fingerprint density at radius 2 is 2.14 bits per heavy atom. The third kappa shape index (κ3) is 3.01. The number of rotatable bonds is 4. The molecule has 0 bridgehead atoms. The summed E-state index contributed by atoms with van der Waals surface area (Å²) in [6.45, 7) is 5.48. The number of carbonyl (C=O) groups excluding carboxylic acids is 1. The second-order valence-corrected chi connectivity index (χ2v) is 3.00. The van der Waals surface area contributed by atoms with Crippen molar-refractivity contribution in [3.8, 4) is 0 Å². The lowest BCUT2D eigenvalue weighted by Crippen LogP contribution is -2.13. The lowest BCUT2D eigenvalue weighted by molar-refractivity contribution is 0.0488. The molecule has 0 aliphatic carbocycles. The molecule has 0 aliphatic heterocycles. The maximum Gasteiger partial charge on any atom is 0.338 e. The number of esters is 1. The number of ether oxygens (including phenoxy) is 1. The Hall–Kier alpha value is -1.64. The van der Waals surface area contributed by atoms with Crippen LogP contribution in [0.2, 0.25) is 0 Å². The maximum absolute atomic E-state index is 11.4. The van der Waals surface area contributed by atoms with Crippen molar-refractivity contribution in [1.82, 2.24) is 0 Å². The lowest BCUT2D eigenvalue weighted by Gasteiger charge is -2.06. The molecule has 0 heterocycles. The van der Waals surface area contributed by atoms with Crippen molar-refractivity contribution >= 4 is 12.7 Å². The maximum atomic E-state index is 11.4. The molecule has 1 rings (SSSR count). The zero-order valence-electron chi connectivity index (χ0n) is 8.14. The van der Waals surface area contributed by atoms with E-state index in [1.165, 1.54) is 0 Å². The van der Waals surface area contributed by atoms with Crippen LogP contribution in [0, 0.1) is 0 Å². The van der Waals surface area contributed by atoms with Gasteiger partial charge < -0.3 is 4.74 Å². The van der Waals surface area contributed by atoms with E-state index in [4.69, 9.17) is 4.74 Å². The third-order valence-corrected chi connectivity index (χ3v) is 1.78. The van der Waals surface area contributed by atoms with Gasteiger partial charge in [-0.2, -0.15) is 0 Å². The smallest absolute Gasteiger partial charge is 0.338 e. The van der Waals surface area contributed by atoms with Crippen LogP contribution in [0.5, 0.6) is 0 Å². The average Bonchev–Trinajstić information content (AvgIpc) is 2.26. The number of hydrogen-bond donors (Lipinski definition) is 0. The highest BCUT2D eigenvalue weighted by Gasteiger charge is 2.07. The first-order chi connectivity index (χ1) is 6.74. The number of hydrogen-bond acceptors (Lipinski definition) is 3. The molecule has 74 valence electrons. The third-order valence-electron chi connectivity index (χ3n) is 1.78. The molecule has 1 unspecified atom stereocenters. The van der Waals surface area contributed by atoms with E-state index in [-0.39, 0.29) is 18.6 Å². The fourth-order valence-corrected chi connectivity index (χ4v) is 0.907. The molecule has 0 amide bonds. The average molecular weight is 191 g/mol. The van der Waals surface area contributed by atoms with Crippen molar-refractivity contribution in [2.24, 2.45) is 4.99 Å². The molecule has 0 fully saturated rings. The highest BCUT2D eigenvalue weighted by atomic mass is 16.5. The van der Waals surface area contributed by atoms with Crippen LogP contribution in [0.15, 0.2) is 35.3 Å². The van der Waals surface area contributed by atoms with Crippen molar-refractivity contribution in [3.05, 3.63) is 35.9 Å². The standard InChI is InChI=1S/C11H13NO2/c1-9(12-2)8-14-11(13)10-6-4-3-5-7-10/h3-7,9H,2,8H2,1H3. The summed E-state index contributed by atoms with van der Waals surface area (Å²) >= 11 is 0. The normalized spacial score (nSPS) is 11.8. The lowest BCUT2D eigenvalue weighted by atomic mass is 10.2. The zero-order chi connectivity index (χ0) is 10.4. The first-order valence-electron chi connectivity index (χ1n) is 4.42. The molecule has 1 aromatic carbocycles. The molecule has 1 aromatic rings. The van der Waals surface area contributed by atoms with Crippen molar-refractivity contribution in [1.29, 1.82) is 0 Å². The monoisotopic (exact) mass is 191 g/mol. The van der Waals surface area contributed by atoms with Crippen LogP contribution in [0.3, 0.4) is 0 Å². The van der Waals surface area contributed by atoms with E-state index in [9.17, 15) is 4.79 Å². The van der Waals surface area contributed by atoms with Gasteiger partial charge in [-0.05, 0) is 25.8 Å². The van der Waals surface area contributed by atoms with Gasteiger partial charge >= 0.3 is 5.97 Å². The predicted molar refractivity (Wildman–Crippen MR) is 55.7 cm³/mol.